The maximum absolute atomic E-state index is 6.64. The number of likely N-dealkylation sites (tertiary alicyclic amines) is 1. The molecular formula is C18H28N2O. The largest absolute Gasteiger partial charge is 0.490 e. The molecular weight excluding hydrogens is 260 g/mol. The van der Waals surface area contributed by atoms with Crippen LogP contribution in [0.3, 0.4) is 0 Å². The van der Waals surface area contributed by atoms with Gasteiger partial charge in [-0.1, -0.05) is 31.4 Å². The van der Waals surface area contributed by atoms with Crippen molar-refractivity contribution in [3.05, 3.63) is 29.8 Å². The van der Waals surface area contributed by atoms with Crippen molar-refractivity contribution < 1.29 is 4.74 Å². The van der Waals surface area contributed by atoms with E-state index in [0.29, 0.717) is 6.10 Å². The van der Waals surface area contributed by atoms with Gasteiger partial charge in [-0.15, -0.1) is 0 Å². The number of hydrogen-bond acceptors (Lipinski definition) is 3. The number of nitrogens with zero attached hydrogens (tertiary/aromatic N) is 1. The Hall–Kier alpha value is -1.06. The minimum atomic E-state index is -0.135. The Labute approximate surface area is 128 Å². The van der Waals surface area contributed by atoms with Crippen LogP contribution in [0.5, 0.6) is 5.75 Å². The van der Waals surface area contributed by atoms with Crippen LogP contribution in [0.1, 0.15) is 50.5 Å². The quantitative estimate of drug-likeness (QED) is 0.927. The summed E-state index contributed by atoms with van der Waals surface area (Å²) in [6.07, 6.45) is 8.62. The minimum Gasteiger partial charge on any atom is -0.490 e. The molecule has 0 aromatic heterocycles. The van der Waals surface area contributed by atoms with E-state index in [-0.39, 0.29) is 5.54 Å². The molecule has 3 nitrogen and oxygen atoms in total. The molecule has 0 radical (unpaired) electrons. The Balaban J connectivity index is 1.68. The standard InChI is InChI=1S/C18H28N2O/c1-20-12-8-16(9-13-20)21-17-7-5-6-15(14-17)18(19)10-3-2-4-11-18/h5-7,14,16H,2-4,8-13,19H2,1H3. The van der Waals surface area contributed by atoms with Crippen LogP contribution in [-0.2, 0) is 5.54 Å². The first-order chi connectivity index (χ1) is 10.2. The molecule has 1 heterocycles. The lowest BCUT2D eigenvalue weighted by atomic mass is 9.77. The van der Waals surface area contributed by atoms with Gasteiger partial charge in [-0.25, -0.2) is 0 Å². The molecule has 1 saturated heterocycles. The summed E-state index contributed by atoms with van der Waals surface area (Å²) in [4.78, 5) is 2.37. The smallest absolute Gasteiger partial charge is 0.120 e. The van der Waals surface area contributed by atoms with Crippen LogP contribution in [0.2, 0.25) is 0 Å². The van der Waals surface area contributed by atoms with Gasteiger partial charge in [-0.05, 0) is 50.4 Å². The van der Waals surface area contributed by atoms with Gasteiger partial charge >= 0.3 is 0 Å². The molecule has 3 heteroatoms. The number of hydrogen-bond donors (Lipinski definition) is 1. The Morgan fingerprint density at radius 2 is 1.86 bits per heavy atom. The number of piperidine rings is 1. The van der Waals surface area contributed by atoms with E-state index in [1.165, 1.54) is 24.8 Å². The molecule has 1 aliphatic carbocycles. The molecule has 1 aromatic carbocycles. The first-order valence-corrected chi connectivity index (χ1v) is 8.40. The van der Waals surface area contributed by atoms with E-state index in [2.05, 4.69) is 36.2 Å². The van der Waals surface area contributed by atoms with Crippen molar-refractivity contribution >= 4 is 0 Å². The third-order valence-electron chi connectivity index (χ3n) is 5.12. The molecule has 0 spiro atoms. The number of benzene rings is 1. The summed E-state index contributed by atoms with van der Waals surface area (Å²) < 4.78 is 6.20. The van der Waals surface area contributed by atoms with Crippen LogP contribution >= 0.6 is 0 Å². The normalized spacial score (nSPS) is 23.9. The lowest BCUT2D eigenvalue weighted by molar-refractivity contribution is 0.114. The van der Waals surface area contributed by atoms with E-state index < -0.39 is 0 Å². The van der Waals surface area contributed by atoms with Crippen LogP contribution in [0.15, 0.2) is 24.3 Å². The van der Waals surface area contributed by atoms with Gasteiger partial charge in [0.15, 0.2) is 0 Å². The van der Waals surface area contributed by atoms with Crippen molar-refractivity contribution in [2.75, 3.05) is 20.1 Å². The van der Waals surface area contributed by atoms with Gasteiger partial charge < -0.3 is 15.4 Å². The predicted octanol–water partition coefficient (Wildman–Crippen LogP) is 3.28. The third kappa shape index (κ3) is 3.58. The van der Waals surface area contributed by atoms with Crippen molar-refractivity contribution in [3.63, 3.8) is 0 Å². The molecule has 116 valence electrons. The number of ether oxygens (including phenoxy) is 1. The molecule has 0 amide bonds. The summed E-state index contributed by atoms with van der Waals surface area (Å²) in [5.74, 6) is 0.998. The van der Waals surface area contributed by atoms with E-state index >= 15 is 0 Å². The number of nitrogens with two attached hydrogens (primary N) is 1. The highest BCUT2D eigenvalue weighted by Crippen LogP contribution is 2.36. The lowest BCUT2D eigenvalue weighted by Crippen LogP contribution is -2.38. The highest BCUT2D eigenvalue weighted by Gasteiger charge is 2.29. The average molecular weight is 288 g/mol. The molecule has 0 bridgehead atoms. The van der Waals surface area contributed by atoms with E-state index in [1.807, 2.05) is 0 Å². The van der Waals surface area contributed by atoms with Crippen LogP contribution in [-0.4, -0.2) is 31.1 Å². The Morgan fingerprint density at radius 1 is 1.14 bits per heavy atom. The molecule has 2 N–H and O–H groups in total. The van der Waals surface area contributed by atoms with E-state index in [0.717, 1.165) is 44.5 Å². The van der Waals surface area contributed by atoms with Gasteiger partial charge in [-0.3, -0.25) is 0 Å². The van der Waals surface area contributed by atoms with Gasteiger partial charge in [0.05, 0.1) is 0 Å². The first kappa shape index (κ1) is 14.9. The molecule has 2 fully saturated rings. The second-order valence-corrected chi connectivity index (χ2v) is 6.87. The molecule has 0 unspecified atom stereocenters. The molecule has 2 aliphatic rings. The SMILES string of the molecule is CN1CCC(Oc2cccc(C3(N)CCCCC3)c2)CC1. The number of rotatable bonds is 3. The van der Waals surface area contributed by atoms with Crippen LogP contribution in [0.4, 0.5) is 0 Å². The summed E-state index contributed by atoms with van der Waals surface area (Å²) in [5.41, 5.74) is 7.76. The first-order valence-electron chi connectivity index (χ1n) is 8.40. The minimum absolute atomic E-state index is 0.135. The zero-order valence-electron chi connectivity index (χ0n) is 13.2. The second-order valence-electron chi connectivity index (χ2n) is 6.87. The predicted molar refractivity (Wildman–Crippen MR) is 86.5 cm³/mol. The summed E-state index contributed by atoms with van der Waals surface area (Å²) in [6, 6.07) is 8.54. The summed E-state index contributed by atoms with van der Waals surface area (Å²) in [6.45, 7) is 2.26. The van der Waals surface area contributed by atoms with Gasteiger partial charge in [0.2, 0.25) is 0 Å². The fraction of sp³-hybridized carbons (Fsp3) is 0.667. The fourth-order valence-electron chi connectivity index (χ4n) is 3.65. The van der Waals surface area contributed by atoms with Gasteiger partial charge in [0.1, 0.15) is 11.9 Å². The van der Waals surface area contributed by atoms with Crippen molar-refractivity contribution in [1.82, 2.24) is 4.90 Å². The van der Waals surface area contributed by atoms with Gasteiger partial charge in [0.25, 0.3) is 0 Å². The maximum atomic E-state index is 6.64. The zero-order valence-corrected chi connectivity index (χ0v) is 13.2. The van der Waals surface area contributed by atoms with Crippen molar-refractivity contribution in [2.45, 2.75) is 56.6 Å². The maximum Gasteiger partial charge on any atom is 0.120 e. The monoisotopic (exact) mass is 288 g/mol. The third-order valence-corrected chi connectivity index (χ3v) is 5.12. The molecule has 0 atom stereocenters. The highest BCUT2D eigenvalue weighted by molar-refractivity contribution is 5.33. The van der Waals surface area contributed by atoms with Crippen LogP contribution < -0.4 is 10.5 Å². The Morgan fingerprint density at radius 3 is 2.57 bits per heavy atom. The highest BCUT2D eigenvalue weighted by atomic mass is 16.5. The summed E-state index contributed by atoms with van der Waals surface area (Å²) >= 11 is 0. The van der Waals surface area contributed by atoms with Gasteiger partial charge in [0, 0.05) is 18.6 Å². The van der Waals surface area contributed by atoms with Crippen molar-refractivity contribution in [3.8, 4) is 5.75 Å². The van der Waals surface area contributed by atoms with Crippen LogP contribution in [0, 0.1) is 0 Å². The average Bonchev–Trinajstić information content (AvgIpc) is 2.51. The van der Waals surface area contributed by atoms with Crippen LogP contribution in [0.25, 0.3) is 0 Å². The molecule has 21 heavy (non-hydrogen) atoms. The van der Waals surface area contributed by atoms with E-state index in [9.17, 15) is 0 Å². The van der Waals surface area contributed by atoms with Crippen molar-refractivity contribution in [1.29, 1.82) is 0 Å². The molecule has 3 rings (SSSR count). The Bertz CT molecular complexity index is 460. The van der Waals surface area contributed by atoms with Crippen molar-refractivity contribution in [2.24, 2.45) is 5.73 Å². The Kier molecular flexibility index (Phi) is 4.51. The molecule has 1 aromatic rings. The summed E-state index contributed by atoms with van der Waals surface area (Å²) in [5, 5.41) is 0. The van der Waals surface area contributed by atoms with E-state index in [4.69, 9.17) is 10.5 Å². The molecule has 1 saturated carbocycles. The van der Waals surface area contributed by atoms with E-state index in [1.54, 1.807) is 0 Å². The second kappa shape index (κ2) is 6.37. The molecule has 1 aliphatic heterocycles. The fourth-order valence-corrected chi connectivity index (χ4v) is 3.65. The topological polar surface area (TPSA) is 38.5 Å². The lowest BCUT2D eigenvalue weighted by Gasteiger charge is -2.34. The zero-order chi connectivity index (χ0) is 14.7. The van der Waals surface area contributed by atoms with Gasteiger partial charge in [-0.2, -0.15) is 0 Å². The summed E-state index contributed by atoms with van der Waals surface area (Å²) in [7, 11) is 2.18.